The predicted molar refractivity (Wildman–Crippen MR) is 113 cm³/mol. The summed E-state index contributed by atoms with van der Waals surface area (Å²) in [6, 6.07) is 28.0. The van der Waals surface area contributed by atoms with Crippen LogP contribution in [0.15, 0.2) is 96.6 Å². The zero-order chi connectivity index (χ0) is 20.3. The number of carbonyl (C=O) groups is 1. The summed E-state index contributed by atoms with van der Waals surface area (Å²) in [5.41, 5.74) is 1.23. The van der Waals surface area contributed by atoms with Gasteiger partial charge in [0.15, 0.2) is 0 Å². The minimum atomic E-state index is -1.80. The van der Waals surface area contributed by atoms with Crippen molar-refractivity contribution in [3.05, 3.63) is 102 Å². The molecule has 0 aliphatic carbocycles. The third kappa shape index (κ3) is 6.75. The van der Waals surface area contributed by atoms with Crippen LogP contribution in [0.4, 0.5) is 0 Å². The fourth-order valence-corrected chi connectivity index (χ4v) is 3.34. The van der Waals surface area contributed by atoms with Gasteiger partial charge in [-0.05, 0) is 35.9 Å². The summed E-state index contributed by atoms with van der Waals surface area (Å²) in [7, 11) is -0.461. The Kier molecular flexibility index (Phi) is 7.81. The maximum atomic E-state index is 12.2. The van der Waals surface area contributed by atoms with Crippen molar-refractivity contribution in [1.82, 2.24) is 0 Å². The van der Waals surface area contributed by atoms with Crippen molar-refractivity contribution < 1.29 is 23.1 Å². The molecule has 29 heavy (non-hydrogen) atoms. The Bertz CT molecular complexity index is 872. The molecule has 6 heteroatoms. The average Bonchev–Trinajstić information content (AvgIpc) is 2.78. The molecule has 0 spiro atoms. The molecule has 0 aromatic heterocycles. The summed E-state index contributed by atoms with van der Waals surface area (Å²) >= 11 is 0. The molecule has 148 valence electrons. The highest BCUT2D eigenvalue weighted by atomic mass is 31.2. The molecular formula is C23H21O5P. The van der Waals surface area contributed by atoms with E-state index in [1.165, 1.54) is 7.11 Å². The van der Waals surface area contributed by atoms with E-state index in [4.69, 9.17) is 18.3 Å². The third-order valence-electron chi connectivity index (χ3n) is 3.76. The number of methoxy groups -OCH3 is 1. The molecule has 0 heterocycles. The predicted octanol–water partition coefficient (Wildman–Crippen LogP) is 5.64. The van der Waals surface area contributed by atoms with Crippen LogP contribution >= 0.6 is 8.60 Å². The van der Waals surface area contributed by atoms with E-state index in [0.717, 1.165) is 5.56 Å². The first-order chi connectivity index (χ1) is 14.2. The molecule has 0 amide bonds. The van der Waals surface area contributed by atoms with Gasteiger partial charge in [0.2, 0.25) is 0 Å². The fourth-order valence-electron chi connectivity index (χ4n) is 2.37. The van der Waals surface area contributed by atoms with Crippen LogP contribution in [0.25, 0.3) is 6.08 Å². The second kappa shape index (κ2) is 11.0. The van der Waals surface area contributed by atoms with Crippen LogP contribution in [0.3, 0.4) is 0 Å². The van der Waals surface area contributed by atoms with Crippen molar-refractivity contribution in [2.75, 3.05) is 13.7 Å². The first-order valence-electron chi connectivity index (χ1n) is 8.97. The van der Waals surface area contributed by atoms with Gasteiger partial charge in [-0.1, -0.05) is 66.7 Å². The molecule has 0 aliphatic rings. The van der Waals surface area contributed by atoms with Crippen molar-refractivity contribution in [2.24, 2.45) is 0 Å². The minimum Gasteiger partial charge on any atom is -0.466 e. The Hall–Kier alpha value is -3.14. The highest BCUT2D eigenvalue weighted by Crippen LogP contribution is 2.41. The van der Waals surface area contributed by atoms with Crippen LogP contribution in [0, 0.1) is 0 Å². The maximum Gasteiger partial charge on any atom is 0.463 e. The molecule has 0 bridgehead atoms. The summed E-state index contributed by atoms with van der Waals surface area (Å²) in [5, 5.41) is 0. The van der Waals surface area contributed by atoms with Gasteiger partial charge in [-0.15, -0.1) is 0 Å². The van der Waals surface area contributed by atoms with Gasteiger partial charge in [-0.25, -0.2) is 4.79 Å². The van der Waals surface area contributed by atoms with Crippen LogP contribution in [-0.2, 0) is 14.1 Å². The van der Waals surface area contributed by atoms with E-state index in [1.54, 1.807) is 6.08 Å². The first-order valence-corrected chi connectivity index (χ1v) is 10.1. The quantitative estimate of drug-likeness (QED) is 0.260. The monoisotopic (exact) mass is 408 g/mol. The van der Waals surface area contributed by atoms with Crippen molar-refractivity contribution in [1.29, 1.82) is 0 Å². The molecule has 0 N–H and O–H groups in total. The number of hydrogen-bond donors (Lipinski definition) is 0. The van der Waals surface area contributed by atoms with E-state index in [0.29, 0.717) is 17.1 Å². The number of para-hydroxylation sites is 2. The standard InChI is InChI=1S/C23H21O5P/c1-25-23(24)20(17-19-11-5-2-6-12-19)18-26-29(27-21-13-7-3-8-14-21)28-22-15-9-4-10-16-22/h2-17H,18H2,1H3/b20-17+. The second-order valence-electron chi connectivity index (χ2n) is 5.88. The van der Waals surface area contributed by atoms with Gasteiger partial charge in [0, 0.05) is 0 Å². The lowest BCUT2D eigenvalue weighted by Gasteiger charge is -2.18. The zero-order valence-electron chi connectivity index (χ0n) is 15.9. The van der Waals surface area contributed by atoms with Crippen molar-refractivity contribution >= 4 is 20.6 Å². The van der Waals surface area contributed by atoms with Gasteiger partial charge >= 0.3 is 14.6 Å². The summed E-state index contributed by atoms with van der Waals surface area (Å²) in [4.78, 5) is 12.2. The Balaban J connectivity index is 1.75. The van der Waals surface area contributed by atoms with E-state index in [1.807, 2.05) is 91.0 Å². The molecule has 0 saturated heterocycles. The highest BCUT2D eigenvalue weighted by Gasteiger charge is 2.20. The molecule has 0 fully saturated rings. The normalized spacial score (nSPS) is 11.2. The van der Waals surface area contributed by atoms with Crippen LogP contribution < -0.4 is 9.05 Å². The lowest BCUT2D eigenvalue weighted by Crippen LogP contribution is -2.11. The third-order valence-corrected chi connectivity index (χ3v) is 4.82. The Morgan fingerprint density at radius 3 is 1.76 bits per heavy atom. The fraction of sp³-hybridized carbons (Fsp3) is 0.0870. The smallest absolute Gasteiger partial charge is 0.463 e. The summed E-state index contributed by atoms with van der Waals surface area (Å²) in [6.45, 7) is -0.0209. The molecule has 0 aliphatic heterocycles. The lowest BCUT2D eigenvalue weighted by molar-refractivity contribution is -0.136. The molecule has 0 atom stereocenters. The number of rotatable bonds is 9. The molecule has 3 aromatic rings. The van der Waals surface area contributed by atoms with Crippen LogP contribution in [0.5, 0.6) is 11.5 Å². The van der Waals surface area contributed by atoms with E-state index in [2.05, 4.69) is 0 Å². The Morgan fingerprint density at radius 2 is 1.28 bits per heavy atom. The van der Waals surface area contributed by atoms with Crippen LogP contribution in [-0.4, -0.2) is 19.7 Å². The molecule has 0 unspecified atom stereocenters. The van der Waals surface area contributed by atoms with Crippen molar-refractivity contribution in [3.8, 4) is 11.5 Å². The molecule has 0 radical (unpaired) electrons. The van der Waals surface area contributed by atoms with Gasteiger partial charge in [0.1, 0.15) is 11.5 Å². The van der Waals surface area contributed by atoms with Crippen molar-refractivity contribution in [2.45, 2.75) is 0 Å². The van der Waals surface area contributed by atoms with E-state index in [9.17, 15) is 4.79 Å². The van der Waals surface area contributed by atoms with E-state index < -0.39 is 14.6 Å². The zero-order valence-corrected chi connectivity index (χ0v) is 16.8. The molecule has 3 aromatic carbocycles. The van der Waals surface area contributed by atoms with Gasteiger partial charge in [-0.3, -0.25) is 4.52 Å². The van der Waals surface area contributed by atoms with Crippen molar-refractivity contribution in [3.63, 3.8) is 0 Å². The number of benzene rings is 3. The van der Waals surface area contributed by atoms with Crippen LogP contribution in [0.1, 0.15) is 5.56 Å². The first kappa shape index (κ1) is 20.6. The average molecular weight is 408 g/mol. The maximum absolute atomic E-state index is 12.2. The van der Waals surface area contributed by atoms with E-state index in [-0.39, 0.29) is 6.61 Å². The number of carbonyl (C=O) groups excluding carboxylic acids is 1. The van der Waals surface area contributed by atoms with E-state index >= 15 is 0 Å². The molecule has 0 saturated carbocycles. The SMILES string of the molecule is COC(=O)/C(=C/c1ccccc1)COP(Oc1ccccc1)Oc1ccccc1. The molecule has 3 rings (SSSR count). The molecular weight excluding hydrogens is 387 g/mol. The molecule has 5 nitrogen and oxygen atoms in total. The van der Waals surface area contributed by atoms with Gasteiger partial charge in [0.05, 0.1) is 19.3 Å². The second-order valence-corrected chi connectivity index (χ2v) is 6.95. The number of esters is 1. The summed E-state index contributed by atoms with van der Waals surface area (Å²) in [5.74, 6) is 0.755. The van der Waals surface area contributed by atoms with Gasteiger partial charge in [0.25, 0.3) is 0 Å². The number of hydrogen-bond acceptors (Lipinski definition) is 5. The largest absolute Gasteiger partial charge is 0.466 e. The Labute approximate surface area is 171 Å². The summed E-state index contributed by atoms with van der Waals surface area (Å²) < 4.78 is 22.5. The summed E-state index contributed by atoms with van der Waals surface area (Å²) in [6.07, 6.45) is 1.73. The van der Waals surface area contributed by atoms with Gasteiger partial charge < -0.3 is 13.8 Å². The lowest BCUT2D eigenvalue weighted by atomic mass is 10.1. The highest BCUT2D eigenvalue weighted by molar-refractivity contribution is 7.42. The van der Waals surface area contributed by atoms with Crippen LogP contribution in [0.2, 0.25) is 0 Å². The van der Waals surface area contributed by atoms with Gasteiger partial charge in [-0.2, -0.15) is 0 Å². The number of ether oxygens (including phenoxy) is 1. The topological polar surface area (TPSA) is 54.0 Å². The Morgan fingerprint density at radius 1 is 0.793 bits per heavy atom. The minimum absolute atomic E-state index is 0.0209.